The molecule has 4 unspecified atom stereocenters. The molecule has 0 aromatic rings. The van der Waals surface area contributed by atoms with Crippen LogP contribution < -0.4 is 10.6 Å². The van der Waals surface area contributed by atoms with Gasteiger partial charge in [0, 0.05) is 33.3 Å². The minimum atomic E-state index is 0.0217. The van der Waals surface area contributed by atoms with Gasteiger partial charge in [-0.2, -0.15) is 0 Å². The number of nitrogens with one attached hydrogen (secondary N) is 2. The zero-order valence-electron chi connectivity index (χ0n) is 17.3. The molecule has 26 heavy (non-hydrogen) atoms. The largest absolute Gasteiger partial charge is 0.378 e. The van der Waals surface area contributed by atoms with E-state index in [0.717, 1.165) is 37.4 Å². The molecule has 2 saturated carbocycles. The van der Waals surface area contributed by atoms with Crippen LogP contribution in [0.1, 0.15) is 52.9 Å². The van der Waals surface area contributed by atoms with Crippen molar-refractivity contribution in [2.75, 3.05) is 33.8 Å². The van der Waals surface area contributed by atoms with Gasteiger partial charge in [-0.1, -0.05) is 20.3 Å². The lowest BCUT2D eigenvalue weighted by Gasteiger charge is -2.26. The van der Waals surface area contributed by atoms with Crippen LogP contribution in [0.5, 0.6) is 0 Å². The summed E-state index contributed by atoms with van der Waals surface area (Å²) in [6.45, 7) is 8.15. The molecule has 0 saturated heterocycles. The van der Waals surface area contributed by atoms with Gasteiger partial charge in [-0.05, 0) is 50.4 Å². The fourth-order valence-electron chi connectivity index (χ4n) is 4.19. The molecule has 1 amide bonds. The second kappa shape index (κ2) is 10.1. The first-order chi connectivity index (χ1) is 12.4. The van der Waals surface area contributed by atoms with Crippen molar-refractivity contribution in [3.63, 3.8) is 0 Å². The maximum absolute atomic E-state index is 11.9. The van der Waals surface area contributed by atoms with E-state index in [4.69, 9.17) is 4.74 Å². The summed E-state index contributed by atoms with van der Waals surface area (Å²) in [6, 6.07) is 0.502. The van der Waals surface area contributed by atoms with E-state index in [1.165, 1.54) is 25.7 Å². The summed E-state index contributed by atoms with van der Waals surface area (Å²) in [5, 5.41) is 7.04. The molecule has 0 aliphatic heterocycles. The number of carbonyl (C=O) groups excluding carboxylic acids is 1. The van der Waals surface area contributed by atoms with Gasteiger partial charge in [-0.15, -0.1) is 0 Å². The Morgan fingerprint density at radius 1 is 1.27 bits per heavy atom. The number of rotatable bonds is 9. The van der Waals surface area contributed by atoms with Crippen LogP contribution in [0.2, 0.25) is 0 Å². The van der Waals surface area contributed by atoms with Crippen molar-refractivity contribution in [1.82, 2.24) is 15.5 Å². The van der Waals surface area contributed by atoms with E-state index >= 15 is 0 Å². The fraction of sp³-hybridized carbons (Fsp3) is 0.900. The van der Waals surface area contributed by atoms with Gasteiger partial charge in [0.2, 0.25) is 5.91 Å². The Hall–Kier alpha value is -1.30. The number of guanidine groups is 1. The molecular weight excluding hydrogens is 328 g/mol. The summed E-state index contributed by atoms with van der Waals surface area (Å²) >= 11 is 0. The molecule has 0 radical (unpaired) electrons. The fourth-order valence-corrected chi connectivity index (χ4v) is 4.19. The maximum Gasteiger partial charge on any atom is 0.243 e. The highest BCUT2D eigenvalue weighted by Crippen LogP contribution is 2.44. The van der Waals surface area contributed by atoms with Crippen LogP contribution in [0.3, 0.4) is 0 Å². The molecule has 150 valence electrons. The number of aliphatic imine (C=N–C) groups is 1. The Morgan fingerprint density at radius 3 is 2.58 bits per heavy atom. The summed E-state index contributed by atoms with van der Waals surface area (Å²) in [6.07, 6.45) is 6.48. The van der Waals surface area contributed by atoms with Crippen LogP contribution >= 0.6 is 0 Å². The summed E-state index contributed by atoms with van der Waals surface area (Å²) < 4.78 is 5.83. The number of carbonyl (C=O) groups is 1. The van der Waals surface area contributed by atoms with Gasteiger partial charge in [-0.3, -0.25) is 4.79 Å². The normalized spacial score (nSPS) is 26.2. The number of likely N-dealkylation sites (N-methyl/N-ethyl adjacent to an activating group) is 1. The van der Waals surface area contributed by atoms with Crippen LogP contribution in [-0.4, -0.2) is 62.7 Å². The molecule has 0 aromatic heterocycles. The Labute approximate surface area is 159 Å². The van der Waals surface area contributed by atoms with Crippen molar-refractivity contribution in [3.05, 3.63) is 0 Å². The number of fused-ring (bicyclic) bond motifs is 2. The van der Waals surface area contributed by atoms with Gasteiger partial charge in [0.25, 0.3) is 0 Å². The van der Waals surface area contributed by atoms with Crippen LogP contribution in [0.25, 0.3) is 0 Å². The molecule has 4 atom stereocenters. The van der Waals surface area contributed by atoms with Crippen LogP contribution in [-0.2, 0) is 9.53 Å². The third-order valence-electron chi connectivity index (χ3n) is 5.78. The van der Waals surface area contributed by atoms with Gasteiger partial charge in [-0.25, -0.2) is 4.99 Å². The van der Waals surface area contributed by atoms with E-state index in [-0.39, 0.29) is 18.6 Å². The molecular formula is C20H38N4O2. The second-order valence-electron chi connectivity index (χ2n) is 8.33. The predicted molar refractivity (Wildman–Crippen MR) is 106 cm³/mol. The molecule has 6 nitrogen and oxygen atoms in total. The van der Waals surface area contributed by atoms with Gasteiger partial charge < -0.3 is 20.3 Å². The predicted octanol–water partition coefficient (Wildman–Crippen LogP) is 2.25. The minimum absolute atomic E-state index is 0.0217. The Kier molecular flexibility index (Phi) is 8.19. The molecule has 2 fully saturated rings. The number of nitrogens with zero attached hydrogens (tertiary/aromatic N) is 2. The molecule has 2 aliphatic carbocycles. The first-order valence-electron chi connectivity index (χ1n) is 10.3. The number of ether oxygens (including phenoxy) is 1. The summed E-state index contributed by atoms with van der Waals surface area (Å²) in [7, 11) is 3.53. The molecule has 2 rings (SSSR count). The van der Waals surface area contributed by atoms with Crippen molar-refractivity contribution in [1.29, 1.82) is 0 Å². The molecule has 0 heterocycles. The maximum atomic E-state index is 11.9. The Morgan fingerprint density at radius 2 is 2.04 bits per heavy atom. The van der Waals surface area contributed by atoms with E-state index in [0.29, 0.717) is 12.0 Å². The molecule has 2 bridgehead atoms. The second-order valence-corrected chi connectivity index (χ2v) is 8.33. The topological polar surface area (TPSA) is 66.0 Å². The Balaban J connectivity index is 1.89. The van der Waals surface area contributed by atoms with E-state index in [1.807, 2.05) is 6.92 Å². The Bertz CT molecular complexity index is 478. The van der Waals surface area contributed by atoms with Crippen molar-refractivity contribution < 1.29 is 9.53 Å². The zero-order chi connectivity index (χ0) is 19.1. The third-order valence-corrected chi connectivity index (χ3v) is 5.78. The molecule has 2 N–H and O–H groups in total. The third kappa shape index (κ3) is 6.15. The van der Waals surface area contributed by atoms with Crippen molar-refractivity contribution in [3.8, 4) is 0 Å². The number of hydrogen-bond donors (Lipinski definition) is 2. The average Bonchev–Trinajstić information content (AvgIpc) is 3.20. The quantitative estimate of drug-likeness (QED) is 0.485. The average molecular weight is 367 g/mol. The van der Waals surface area contributed by atoms with Gasteiger partial charge in [0.1, 0.15) is 6.54 Å². The lowest BCUT2D eigenvalue weighted by Crippen LogP contribution is -2.47. The zero-order valence-corrected chi connectivity index (χ0v) is 17.3. The van der Waals surface area contributed by atoms with Gasteiger partial charge in [0.05, 0.1) is 6.10 Å². The van der Waals surface area contributed by atoms with Crippen LogP contribution in [0.4, 0.5) is 0 Å². The first-order valence-corrected chi connectivity index (χ1v) is 10.3. The smallest absolute Gasteiger partial charge is 0.243 e. The highest BCUT2D eigenvalue weighted by molar-refractivity contribution is 5.85. The molecule has 2 aliphatic rings. The van der Waals surface area contributed by atoms with Crippen LogP contribution in [0.15, 0.2) is 4.99 Å². The first kappa shape index (κ1) is 21.0. The molecule has 6 heteroatoms. The number of hydrogen-bond acceptors (Lipinski definition) is 3. The van der Waals surface area contributed by atoms with E-state index in [1.54, 1.807) is 19.0 Å². The monoisotopic (exact) mass is 366 g/mol. The van der Waals surface area contributed by atoms with Crippen molar-refractivity contribution >= 4 is 11.9 Å². The SMILES string of the molecule is CCOC(CCNC(=NCC(=O)N(C)C)NC1CC2CCC1C2)C(C)C. The highest BCUT2D eigenvalue weighted by atomic mass is 16.5. The van der Waals surface area contributed by atoms with Crippen LogP contribution in [0, 0.1) is 17.8 Å². The van der Waals surface area contributed by atoms with Gasteiger partial charge in [0.15, 0.2) is 5.96 Å². The summed E-state index contributed by atoms with van der Waals surface area (Å²) in [5.41, 5.74) is 0. The van der Waals surface area contributed by atoms with Crippen molar-refractivity contribution in [2.24, 2.45) is 22.7 Å². The van der Waals surface area contributed by atoms with E-state index < -0.39 is 0 Å². The molecule has 0 aromatic carbocycles. The highest BCUT2D eigenvalue weighted by Gasteiger charge is 2.39. The molecule has 0 spiro atoms. The standard InChI is InChI=1S/C20H38N4O2/c1-6-26-18(14(2)3)9-10-21-20(22-13-19(25)24(4)5)23-17-12-15-7-8-16(17)11-15/h14-18H,6-13H2,1-5H3,(H2,21,22,23). The number of amides is 1. The minimum Gasteiger partial charge on any atom is -0.378 e. The van der Waals surface area contributed by atoms with E-state index in [9.17, 15) is 4.79 Å². The van der Waals surface area contributed by atoms with Crippen molar-refractivity contribution in [2.45, 2.75) is 65.0 Å². The van der Waals surface area contributed by atoms with E-state index in [2.05, 4.69) is 29.5 Å². The lowest BCUT2D eigenvalue weighted by molar-refractivity contribution is -0.127. The lowest BCUT2D eigenvalue weighted by atomic mass is 9.95. The van der Waals surface area contributed by atoms with Gasteiger partial charge >= 0.3 is 0 Å². The summed E-state index contributed by atoms with van der Waals surface area (Å²) in [4.78, 5) is 18.0. The summed E-state index contributed by atoms with van der Waals surface area (Å²) in [5.74, 6) is 2.94.